The summed E-state index contributed by atoms with van der Waals surface area (Å²) < 4.78 is 0. The van der Waals surface area contributed by atoms with Gasteiger partial charge in [0.2, 0.25) is 0 Å². The summed E-state index contributed by atoms with van der Waals surface area (Å²) in [5, 5.41) is 9.63. The lowest BCUT2D eigenvalue weighted by atomic mass is 10.1. The zero-order chi connectivity index (χ0) is 16.0. The monoisotopic (exact) mass is 310 g/mol. The molecule has 4 nitrogen and oxygen atoms in total. The van der Waals surface area contributed by atoms with Crippen LogP contribution in [0.25, 0.3) is 0 Å². The minimum Gasteiger partial charge on any atom is -0.478 e. The third kappa shape index (κ3) is 4.64. The molecule has 5 heteroatoms. The van der Waals surface area contributed by atoms with Crippen molar-refractivity contribution in [2.24, 2.45) is 0 Å². The van der Waals surface area contributed by atoms with Crippen LogP contribution in [-0.2, 0) is 0 Å². The number of likely N-dealkylation sites (N-methyl/N-ethyl adjacent to an activating group) is 2. The molecule has 1 N–H and O–H groups in total. The molecule has 1 aromatic rings. The van der Waals surface area contributed by atoms with Crippen LogP contribution in [0.4, 0.5) is 5.69 Å². The average Bonchev–Trinajstić information content (AvgIpc) is 2.38. The Bertz CT molecular complexity index is 477. The van der Waals surface area contributed by atoms with E-state index in [-0.39, 0.29) is 6.04 Å². The Balaban J connectivity index is 3.25. The van der Waals surface area contributed by atoms with Gasteiger partial charge in [0.1, 0.15) is 0 Å². The predicted octanol–water partition coefficient (Wildman–Crippen LogP) is 3.27. The zero-order valence-corrected chi connectivity index (χ0v) is 14.4. The van der Waals surface area contributed by atoms with Crippen LogP contribution in [0, 0.1) is 0 Å². The van der Waals surface area contributed by atoms with Crippen molar-refractivity contribution in [2.75, 3.05) is 37.8 Å². The quantitative estimate of drug-likeness (QED) is 0.747. The Labute approximate surface area is 132 Å². The van der Waals surface area contributed by atoms with Crippen LogP contribution in [0.3, 0.4) is 0 Å². The molecule has 0 radical (unpaired) electrons. The molecule has 0 saturated heterocycles. The van der Waals surface area contributed by atoms with Gasteiger partial charge < -0.3 is 14.9 Å². The molecule has 21 heavy (non-hydrogen) atoms. The second-order valence-corrected chi connectivity index (χ2v) is 6.59. The molecule has 0 aliphatic carbocycles. The van der Waals surface area contributed by atoms with Crippen molar-refractivity contribution < 1.29 is 9.90 Å². The maximum atomic E-state index is 11.7. The summed E-state index contributed by atoms with van der Waals surface area (Å²) in [4.78, 5) is 16.9. The number of thioether (sulfide) groups is 1. The number of anilines is 1. The normalized spacial score (nSPS) is 12.5. The molecule has 0 aromatic heterocycles. The lowest BCUT2D eigenvalue weighted by Crippen LogP contribution is -2.40. The van der Waals surface area contributed by atoms with Crippen LogP contribution < -0.4 is 4.90 Å². The van der Waals surface area contributed by atoms with Crippen LogP contribution in [-0.4, -0.2) is 55.0 Å². The minimum atomic E-state index is -0.850. The lowest BCUT2D eigenvalue weighted by Gasteiger charge is -2.33. The Morgan fingerprint density at radius 2 is 2.00 bits per heavy atom. The number of hydrogen-bond acceptors (Lipinski definition) is 4. The molecule has 0 saturated carbocycles. The fraction of sp³-hybridized carbons (Fsp3) is 0.562. The molecular weight excluding hydrogens is 284 g/mol. The largest absolute Gasteiger partial charge is 0.478 e. The number of nitrogens with zero attached hydrogens (tertiary/aromatic N) is 2. The second-order valence-electron chi connectivity index (χ2n) is 5.29. The van der Waals surface area contributed by atoms with Crippen LogP contribution >= 0.6 is 11.8 Å². The number of carboxylic acids is 1. The van der Waals surface area contributed by atoms with Gasteiger partial charge in [0, 0.05) is 24.0 Å². The number of aromatic carboxylic acids is 1. The van der Waals surface area contributed by atoms with Crippen molar-refractivity contribution >= 4 is 23.4 Å². The summed E-state index contributed by atoms with van der Waals surface area (Å²) in [6, 6.07) is 6.01. The van der Waals surface area contributed by atoms with Crippen LogP contribution in [0.2, 0.25) is 0 Å². The van der Waals surface area contributed by atoms with Gasteiger partial charge in [0.15, 0.2) is 0 Å². The number of carboxylic acid groups (broad SMARTS) is 1. The van der Waals surface area contributed by atoms with Gasteiger partial charge in [0.05, 0.1) is 11.3 Å². The van der Waals surface area contributed by atoms with E-state index in [0.29, 0.717) is 5.56 Å². The Morgan fingerprint density at radius 3 is 2.48 bits per heavy atom. The van der Waals surface area contributed by atoms with Crippen LogP contribution in [0.1, 0.15) is 31.1 Å². The van der Waals surface area contributed by atoms with E-state index in [1.165, 1.54) is 0 Å². The van der Waals surface area contributed by atoms with Gasteiger partial charge in [-0.1, -0.05) is 13.0 Å². The van der Waals surface area contributed by atoms with Crippen molar-refractivity contribution in [1.82, 2.24) is 4.90 Å². The van der Waals surface area contributed by atoms with Gasteiger partial charge in [-0.05, 0) is 45.8 Å². The highest BCUT2D eigenvalue weighted by atomic mass is 32.2. The standard InChI is InChI=1S/C16H26N2O2S/c1-6-18(12(3)11-17(4)5)13-9-8-10-14(21-7-2)15(13)16(19)20/h8-10,12H,6-7,11H2,1-5H3,(H,19,20). The van der Waals surface area contributed by atoms with Crippen molar-refractivity contribution in [1.29, 1.82) is 0 Å². The van der Waals surface area contributed by atoms with Gasteiger partial charge >= 0.3 is 5.97 Å². The topological polar surface area (TPSA) is 43.8 Å². The number of benzene rings is 1. The maximum Gasteiger partial charge on any atom is 0.338 e. The highest BCUT2D eigenvalue weighted by Gasteiger charge is 2.22. The Hall–Kier alpha value is -1.20. The second kappa shape index (κ2) is 8.29. The molecule has 0 amide bonds. The molecule has 1 aromatic carbocycles. The molecule has 1 rings (SSSR count). The van der Waals surface area contributed by atoms with Crippen molar-refractivity contribution in [3.63, 3.8) is 0 Å². The molecule has 0 aliphatic rings. The van der Waals surface area contributed by atoms with E-state index in [1.807, 2.05) is 39.2 Å². The zero-order valence-electron chi connectivity index (χ0n) is 13.6. The van der Waals surface area contributed by atoms with E-state index in [1.54, 1.807) is 11.8 Å². The summed E-state index contributed by atoms with van der Waals surface area (Å²) in [6.07, 6.45) is 0. The highest BCUT2D eigenvalue weighted by molar-refractivity contribution is 7.99. The van der Waals surface area contributed by atoms with E-state index in [0.717, 1.165) is 29.4 Å². The van der Waals surface area contributed by atoms with Crippen molar-refractivity contribution in [2.45, 2.75) is 31.7 Å². The first-order chi connectivity index (χ1) is 9.92. The van der Waals surface area contributed by atoms with Gasteiger partial charge in [-0.2, -0.15) is 0 Å². The number of hydrogen-bond donors (Lipinski definition) is 1. The SMILES string of the molecule is CCSc1cccc(N(CC)C(C)CN(C)C)c1C(=O)O. The Morgan fingerprint density at radius 1 is 1.33 bits per heavy atom. The molecular formula is C16H26N2O2S. The summed E-state index contributed by atoms with van der Waals surface area (Å²) in [6.45, 7) is 7.91. The van der Waals surface area contributed by atoms with Gasteiger partial charge in [0.25, 0.3) is 0 Å². The fourth-order valence-electron chi connectivity index (χ4n) is 2.60. The number of carbonyl (C=O) groups is 1. The van der Waals surface area contributed by atoms with E-state index < -0.39 is 5.97 Å². The van der Waals surface area contributed by atoms with Crippen molar-refractivity contribution in [3.8, 4) is 0 Å². The molecule has 1 unspecified atom stereocenters. The Kier molecular flexibility index (Phi) is 7.05. The van der Waals surface area contributed by atoms with Crippen LogP contribution in [0.5, 0.6) is 0 Å². The molecule has 0 aliphatic heterocycles. The third-order valence-electron chi connectivity index (χ3n) is 3.33. The average molecular weight is 310 g/mol. The third-order valence-corrected chi connectivity index (χ3v) is 4.27. The van der Waals surface area contributed by atoms with E-state index in [9.17, 15) is 9.90 Å². The molecule has 1 atom stereocenters. The summed E-state index contributed by atoms with van der Waals surface area (Å²) in [5.41, 5.74) is 1.25. The lowest BCUT2D eigenvalue weighted by molar-refractivity contribution is 0.0693. The van der Waals surface area contributed by atoms with Gasteiger partial charge in [-0.25, -0.2) is 4.79 Å². The van der Waals surface area contributed by atoms with E-state index in [2.05, 4.69) is 23.6 Å². The van der Waals surface area contributed by atoms with E-state index >= 15 is 0 Å². The predicted molar refractivity (Wildman–Crippen MR) is 90.8 cm³/mol. The van der Waals surface area contributed by atoms with Crippen molar-refractivity contribution in [3.05, 3.63) is 23.8 Å². The maximum absolute atomic E-state index is 11.7. The van der Waals surface area contributed by atoms with Crippen LogP contribution in [0.15, 0.2) is 23.1 Å². The summed E-state index contributed by atoms with van der Waals surface area (Å²) in [5.74, 6) is 0.0142. The van der Waals surface area contributed by atoms with E-state index in [4.69, 9.17) is 0 Å². The highest BCUT2D eigenvalue weighted by Crippen LogP contribution is 2.32. The summed E-state index contributed by atoms with van der Waals surface area (Å²) >= 11 is 1.58. The first-order valence-electron chi connectivity index (χ1n) is 7.32. The number of rotatable bonds is 8. The molecule has 0 spiro atoms. The first kappa shape index (κ1) is 17.9. The van der Waals surface area contributed by atoms with Gasteiger partial charge in [-0.3, -0.25) is 0 Å². The minimum absolute atomic E-state index is 0.255. The summed E-state index contributed by atoms with van der Waals surface area (Å²) in [7, 11) is 4.07. The smallest absolute Gasteiger partial charge is 0.338 e. The molecule has 118 valence electrons. The van der Waals surface area contributed by atoms with Gasteiger partial charge in [-0.15, -0.1) is 11.8 Å². The first-order valence-corrected chi connectivity index (χ1v) is 8.31. The molecule has 0 bridgehead atoms. The molecule has 0 fully saturated rings. The molecule has 0 heterocycles. The fourth-order valence-corrected chi connectivity index (χ4v) is 3.42.